The van der Waals surface area contributed by atoms with Crippen LogP contribution in [-0.4, -0.2) is 70.1 Å². The fourth-order valence-electron chi connectivity index (χ4n) is 6.28. The Bertz CT molecular complexity index is 1800. The van der Waals surface area contributed by atoms with E-state index in [0.29, 0.717) is 52.8 Å². The topological polar surface area (TPSA) is 99.1 Å². The largest absolute Gasteiger partial charge is 0.504 e. The molecule has 1 N–H and O–H groups in total. The van der Waals surface area contributed by atoms with Gasteiger partial charge in [0.25, 0.3) is 0 Å². The molecular formula is C37H38N2O7. The molecule has 0 saturated heterocycles. The first-order valence-electron chi connectivity index (χ1n) is 15.2. The predicted molar refractivity (Wildman–Crippen MR) is 176 cm³/mol. The summed E-state index contributed by atoms with van der Waals surface area (Å²) in [4.78, 5) is 20.4. The van der Waals surface area contributed by atoms with Gasteiger partial charge in [-0.15, -0.1) is 0 Å². The van der Waals surface area contributed by atoms with E-state index in [2.05, 4.69) is 35.1 Å². The predicted octanol–water partition coefficient (Wildman–Crippen LogP) is 6.22. The van der Waals surface area contributed by atoms with E-state index in [-0.39, 0.29) is 17.6 Å². The van der Waals surface area contributed by atoms with Gasteiger partial charge in [0.05, 0.1) is 28.4 Å². The van der Waals surface area contributed by atoms with Crippen LogP contribution in [0.2, 0.25) is 0 Å². The third-order valence-corrected chi connectivity index (χ3v) is 8.80. The second-order valence-electron chi connectivity index (χ2n) is 11.5. The average Bonchev–Trinajstić information content (AvgIpc) is 3.08. The number of phenolic OH excluding ortho intramolecular Hbond substituents is 1. The van der Waals surface area contributed by atoms with Crippen LogP contribution in [-0.2, 0) is 19.3 Å². The molecule has 0 aromatic heterocycles. The highest BCUT2D eigenvalue weighted by Gasteiger charge is 2.28. The highest BCUT2D eigenvalue weighted by molar-refractivity contribution is 6.52. The number of phenols is 1. The van der Waals surface area contributed by atoms with Crippen LogP contribution in [0.15, 0.2) is 71.7 Å². The number of fused-ring (bicyclic) bond motifs is 2. The minimum atomic E-state index is -0.220. The zero-order valence-corrected chi connectivity index (χ0v) is 26.8. The number of ketones is 1. The van der Waals surface area contributed by atoms with E-state index >= 15 is 0 Å². The zero-order valence-electron chi connectivity index (χ0n) is 26.8. The van der Waals surface area contributed by atoms with E-state index in [0.717, 1.165) is 42.0 Å². The monoisotopic (exact) mass is 622 g/mol. The van der Waals surface area contributed by atoms with Crippen molar-refractivity contribution in [2.24, 2.45) is 4.99 Å². The molecule has 2 heterocycles. The van der Waals surface area contributed by atoms with Crippen LogP contribution >= 0.6 is 0 Å². The third kappa shape index (κ3) is 5.98. The number of hydrogen-bond acceptors (Lipinski definition) is 9. The first-order valence-corrected chi connectivity index (χ1v) is 15.2. The zero-order chi connectivity index (χ0) is 32.4. The Kier molecular flexibility index (Phi) is 8.85. The van der Waals surface area contributed by atoms with Crippen LogP contribution in [0, 0.1) is 0 Å². The number of hydrogen-bond donors (Lipinski definition) is 1. The van der Waals surface area contributed by atoms with Crippen molar-refractivity contribution in [3.63, 3.8) is 0 Å². The number of methoxy groups -OCH3 is 4. The van der Waals surface area contributed by atoms with Crippen LogP contribution in [0.5, 0.6) is 40.2 Å². The van der Waals surface area contributed by atoms with E-state index in [4.69, 9.17) is 23.7 Å². The standard InChI is InChI=1S/C37H38N2O7/c1-39-15-13-25-19-33(44-4)34(45-5)21-27(25)29(39)16-22-6-11-31(42-2)35(17-22)46-26-9-7-23(8-10-26)37(41)36-28-20-30(40)32(43-3)18-24(28)12-14-38-36/h6-11,17-21,29,40H,12-16H2,1-5H3/t29-/m1/s1. The van der Waals surface area contributed by atoms with Gasteiger partial charge in [0.1, 0.15) is 11.5 Å². The van der Waals surface area contributed by atoms with Crippen LogP contribution in [0.4, 0.5) is 0 Å². The number of Topliss-reactive ketones (excluding diaryl/α,β-unsaturated/α-hetero) is 1. The molecule has 0 aliphatic carbocycles. The molecule has 0 amide bonds. The Hall–Kier alpha value is -5.02. The number of nitrogens with zero attached hydrogens (tertiary/aromatic N) is 2. The number of ether oxygens (including phenoxy) is 5. The Morgan fingerprint density at radius 1 is 0.804 bits per heavy atom. The van der Waals surface area contributed by atoms with E-state index < -0.39 is 0 Å². The maximum atomic E-state index is 13.5. The Labute approximate surface area is 269 Å². The van der Waals surface area contributed by atoms with Crippen molar-refractivity contribution in [3.05, 3.63) is 100 Å². The number of aliphatic imine (C=N–C) groups is 1. The van der Waals surface area contributed by atoms with E-state index in [1.807, 2.05) is 12.1 Å². The molecule has 0 unspecified atom stereocenters. The lowest BCUT2D eigenvalue weighted by Crippen LogP contribution is -2.33. The SMILES string of the molecule is COc1cc2c(cc1O)C(C(=O)c1ccc(Oc3cc(C[C@@H]4c5cc(OC)c(OC)cc5CCN4C)ccc3OC)cc1)=NCC2. The molecule has 4 aromatic carbocycles. The minimum absolute atomic E-state index is 0.0251. The Morgan fingerprint density at radius 3 is 2.22 bits per heavy atom. The number of likely N-dealkylation sites (N-methyl/N-ethyl adjacent to an activating group) is 1. The number of rotatable bonds is 10. The first kappa shape index (κ1) is 31.0. The van der Waals surface area contributed by atoms with Crippen molar-refractivity contribution in [1.29, 1.82) is 0 Å². The van der Waals surface area contributed by atoms with Gasteiger partial charge in [-0.1, -0.05) is 6.07 Å². The normalized spacial score (nSPS) is 15.7. The summed E-state index contributed by atoms with van der Waals surface area (Å²) in [7, 11) is 8.59. The molecule has 0 saturated carbocycles. The van der Waals surface area contributed by atoms with Crippen LogP contribution in [0.25, 0.3) is 0 Å². The van der Waals surface area contributed by atoms with Gasteiger partial charge in [0, 0.05) is 30.3 Å². The fraction of sp³-hybridized carbons (Fsp3) is 0.297. The highest BCUT2D eigenvalue weighted by Crippen LogP contribution is 2.40. The van der Waals surface area contributed by atoms with Gasteiger partial charge in [0.15, 0.2) is 34.5 Å². The Morgan fingerprint density at radius 2 is 1.50 bits per heavy atom. The van der Waals surface area contributed by atoms with Crippen LogP contribution < -0.4 is 23.7 Å². The van der Waals surface area contributed by atoms with E-state index in [1.165, 1.54) is 18.2 Å². The van der Waals surface area contributed by atoms with Gasteiger partial charge in [-0.2, -0.15) is 0 Å². The maximum Gasteiger partial charge on any atom is 0.211 e. The lowest BCUT2D eigenvalue weighted by Gasteiger charge is -2.35. The van der Waals surface area contributed by atoms with Gasteiger partial charge in [-0.05, 0) is 109 Å². The minimum Gasteiger partial charge on any atom is -0.504 e. The fourth-order valence-corrected chi connectivity index (χ4v) is 6.28. The van der Waals surface area contributed by atoms with Crippen molar-refractivity contribution >= 4 is 11.5 Å². The molecule has 9 heteroatoms. The summed E-state index contributed by atoms with van der Waals surface area (Å²) in [6.07, 6.45) is 2.37. The molecule has 46 heavy (non-hydrogen) atoms. The van der Waals surface area contributed by atoms with Crippen molar-refractivity contribution in [3.8, 4) is 40.2 Å². The van der Waals surface area contributed by atoms with E-state index in [1.54, 1.807) is 57.7 Å². The van der Waals surface area contributed by atoms with Crippen molar-refractivity contribution < 1.29 is 33.6 Å². The van der Waals surface area contributed by atoms with Crippen LogP contribution in [0.3, 0.4) is 0 Å². The highest BCUT2D eigenvalue weighted by atomic mass is 16.5. The molecule has 2 aliphatic rings. The molecule has 0 spiro atoms. The molecule has 2 aliphatic heterocycles. The van der Waals surface area contributed by atoms with Gasteiger partial charge >= 0.3 is 0 Å². The lowest BCUT2D eigenvalue weighted by molar-refractivity contribution is 0.106. The number of carbonyl (C=O) groups excluding carboxylic acids is 1. The number of aromatic hydroxyl groups is 1. The lowest BCUT2D eigenvalue weighted by atomic mass is 9.88. The summed E-state index contributed by atoms with van der Waals surface area (Å²) < 4.78 is 28.3. The maximum absolute atomic E-state index is 13.5. The summed E-state index contributed by atoms with van der Waals surface area (Å²) >= 11 is 0. The average molecular weight is 623 g/mol. The summed E-state index contributed by atoms with van der Waals surface area (Å²) in [5.41, 5.74) is 5.93. The molecule has 9 nitrogen and oxygen atoms in total. The van der Waals surface area contributed by atoms with E-state index in [9.17, 15) is 9.90 Å². The molecule has 0 radical (unpaired) electrons. The van der Waals surface area contributed by atoms with Crippen molar-refractivity contribution in [2.45, 2.75) is 25.3 Å². The quantitative estimate of drug-likeness (QED) is 0.208. The van der Waals surface area contributed by atoms with Gasteiger partial charge in [0.2, 0.25) is 5.78 Å². The van der Waals surface area contributed by atoms with Crippen molar-refractivity contribution in [1.82, 2.24) is 4.90 Å². The third-order valence-electron chi connectivity index (χ3n) is 8.80. The molecule has 1 atom stereocenters. The summed E-state index contributed by atoms with van der Waals surface area (Å²) in [6.45, 7) is 1.42. The molecule has 238 valence electrons. The Balaban J connectivity index is 1.22. The molecule has 0 fully saturated rings. The molecular weight excluding hydrogens is 584 g/mol. The summed E-state index contributed by atoms with van der Waals surface area (Å²) in [6, 6.07) is 20.6. The van der Waals surface area contributed by atoms with Crippen molar-refractivity contribution in [2.75, 3.05) is 48.6 Å². The van der Waals surface area contributed by atoms with Gasteiger partial charge in [-0.3, -0.25) is 14.7 Å². The number of carbonyl (C=O) groups is 1. The summed E-state index contributed by atoms with van der Waals surface area (Å²) in [5, 5.41) is 10.3. The second-order valence-corrected chi connectivity index (χ2v) is 11.5. The molecule has 6 rings (SSSR count). The first-order chi connectivity index (χ1) is 22.3. The van der Waals surface area contributed by atoms with Gasteiger partial charge < -0.3 is 28.8 Å². The smallest absolute Gasteiger partial charge is 0.211 e. The summed E-state index contributed by atoms with van der Waals surface area (Å²) in [5.74, 6) is 3.36. The van der Waals surface area contributed by atoms with Gasteiger partial charge in [-0.25, -0.2) is 0 Å². The number of benzene rings is 4. The van der Waals surface area contributed by atoms with Crippen LogP contribution in [0.1, 0.15) is 44.2 Å². The second kappa shape index (κ2) is 13.1. The molecule has 0 bridgehead atoms. The molecule has 4 aromatic rings.